The lowest BCUT2D eigenvalue weighted by atomic mass is 10.0. The molecular weight excluding hydrogens is 264 g/mol. The van der Waals surface area contributed by atoms with E-state index in [0.717, 1.165) is 25.7 Å². The molecule has 0 aliphatic carbocycles. The lowest BCUT2D eigenvalue weighted by Crippen LogP contribution is -2.09. The third-order valence-corrected chi connectivity index (χ3v) is 4.41. The highest BCUT2D eigenvalue weighted by molar-refractivity contribution is 7.90. The van der Waals surface area contributed by atoms with Crippen LogP contribution in [-0.4, -0.2) is 33.2 Å². The molecule has 4 nitrogen and oxygen atoms in total. The van der Waals surface area contributed by atoms with E-state index >= 15 is 0 Å². The average Bonchev–Trinajstić information content (AvgIpc) is 2.88. The van der Waals surface area contributed by atoms with E-state index in [-0.39, 0.29) is 16.8 Å². The van der Waals surface area contributed by atoms with E-state index in [4.69, 9.17) is 4.74 Å². The highest BCUT2D eigenvalue weighted by Gasteiger charge is 2.18. The standard InChI is InChI=1S/C14H18O4S/c1-19(16,17)13-6-2-4-11(10-13)14(15)8-7-12-5-3-9-18-12/h2,4,6,10,12H,3,5,7-9H2,1H3. The maximum absolute atomic E-state index is 12.0. The Labute approximate surface area is 113 Å². The maximum Gasteiger partial charge on any atom is 0.175 e. The first-order valence-corrected chi connectivity index (χ1v) is 8.31. The van der Waals surface area contributed by atoms with E-state index in [2.05, 4.69) is 0 Å². The molecule has 0 amide bonds. The van der Waals surface area contributed by atoms with Crippen LogP contribution in [0.15, 0.2) is 29.2 Å². The van der Waals surface area contributed by atoms with Crippen molar-refractivity contribution in [2.75, 3.05) is 12.9 Å². The molecule has 19 heavy (non-hydrogen) atoms. The molecule has 1 aromatic rings. The fraction of sp³-hybridized carbons (Fsp3) is 0.500. The van der Waals surface area contributed by atoms with Crippen molar-refractivity contribution >= 4 is 15.6 Å². The summed E-state index contributed by atoms with van der Waals surface area (Å²) in [4.78, 5) is 12.2. The molecule has 0 aromatic heterocycles. The van der Waals surface area contributed by atoms with Crippen molar-refractivity contribution in [3.63, 3.8) is 0 Å². The van der Waals surface area contributed by atoms with Crippen molar-refractivity contribution in [2.45, 2.75) is 36.7 Å². The van der Waals surface area contributed by atoms with E-state index < -0.39 is 9.84 Å². The summed E-state index contributed by atoms with van der Waals surface area (Å²) >= 11 is 0. The van der Waals surface area contributed by atoms with E-state index in [1.54, 1.807) is 12.1 Å². The first-order valence-electron chi connectivity index (χ1n) is 6.42. The number of ether oxygens (including phenoxy) is 1. The lowest BCUT2D eigenvalue weighted by Gasteiger charge is -2.08. The number of carbonyl (C=O) groups excluding carboxylic acids is 1. The number of hydrogen-bond acceptors (Lipinski definition) is 4. The first-order chi connectivity index (χ1) is 8.97. The minimum absolute atomic E-state index is 0.0269. The van der Waals surface area contributed by atoms with Crippen LogP contribution < -0.4 is 0 Å². The molecule has 1 aliphatic rings. The average molecular weight is 282 g/mol. The zero-order valence-corrected chi connectivity index (χ0v) is 11.8. The molecule has 104 valence electrons. The van der Waals surface area contributed by atoms with Crippen LogP contribution in [0.1, 0.15) is 36.0 Å². The summed E-state index contributed by atoms with van der Waals surface area (Å²) in [5.41, 5.74) is 0.459. The largest absolute Gasteiger partial charge is 0.378 e. The number of sulfone groups is 1. The second-order valence-electron chi connectivity index (χ2n) is 4.90. The van der Waals surface area contributed by atoms with Gasteiger partial charge in [0.1, 0.15) is 0 Å². The zero-order chi connectivity index (χ0) is 13.9. The Kier molecular flexibility index (Phi) is 4.37. The van der Waals surface area contributed by atoms with Gasteiger partial charge in [0.2, 0.25) is 0 Å². The molecule has 2 rings (SSSR count). The summed E-state index contributed by atoms with van der Waals surface area (Å²) in [6.45, 7) is 0.780. The molecular formula is C14H18O4S. The molecule has 1 unspecified atom stereocenters. The van der Waals surface area contributed by atoms with Crippen molar-refractivity contribution < 1.29 is 17.9 Å². The van der Waals surface area contributed by atoms with Crippen molar-refractivity contribution in [3.05, 3.63) is 29.8 Å². The van der Waals surface area contributed by atoms with Crippen molar-refractivity contribution in [1.82, 2.24) is 0 Å². The second kappa shape index (κ2) is 5.84. The first kappa shape index (κ1) is 14.2. The molecule has 5 heteroatoms. The van der Waals surface area contributed by atoms with Crippen LogP contribution in [0.25, 0.3) is 0 Å². The molecule has 0 N–H and O–H groups in total. The number of benzene rings is 1. The molecule has 1 saturated heterocycles. The van der Waals surface area contributed by atoms with Gasteiger partial charge in [-0.1, -0.05) is 12.1 Å². The van der Waals surface area contributed by atoms with Gasteiger partial charge in [-0.15, -0.1) is 0 Å². The third kappa shape index (κ3) is 3.88. The minimum atomic E-state index is -3.27. The number of Topliss-reactive ketones (excluding diaryl/α,β-unsaturated/α-hetero) is 1. The third-order valence-electron chi connectivity index (χ3n) is 3.30. The van der Waals surface area contributed by atoms with Crippen LogP contribution in [0.2, 0.25) is 0 Å². The Balaban J connectivity index is 2.02. The summed E-state index contributed by atoms with van der Waals surface area (Å²) in [5, 5.41) is 0. The van der Waals surface area contributed by atoms with E-state index in [0.29, 0.717) is 18.4 Å². The summed E-state index contributed by atoms with van der Waals surface area (Å²) < 4.78 is 28.4. The summed E-state index contributed by atoms with van der Waals surface area (Å²) in [6.07, 6.45) is 4.50. The second-order valence-corrected chi connectivity index (χ2v) is 6.91. The SMILES string of the molecule is CS(=O)(=O)c1cccc(C(=O)CCC2CCCO2)c1. The van der Waals surface area contributed by atoms with Crippen LogP contribution in [0.5, 0.6) is 0 Å². The number of rotatable bonds is 5. The predicted molar refractivity (Wildman–Crippen MR) is 72.1 cm³/mol. The van der Waals surface area contributed by atoms with Gasteiger partial charge in [0, 0.05) is 24.8 Å². The highest BCUT2D eigenvalue weighted by atomic mass is 32.2. The summed E-state index contributed by atoms with van der Waals surface area (Å²) in [5.74, 6) is -0.0269. The molecule has 1 aromatic carbocycles. The Morgan fingerprint density at radius 2 is 2.21 bits per heavy atom. The molecule has 1 fully saturated rings. The van der Waals surface area contributed by atoms with Gasteiger partial charge < -0.3 is 4.74 Å². The Morgan fingerprint density at radius 3 is 2.84 bits per heavy atom. The Morgan fingerprint density at radius 1 is 1.42 bits per heavy atom. The Bertz CT molecular complexity index is 557. The lowest BCUT2D eigenvalue weighted by molar-refractivity contribution is 0.0859. The molecule has 0 spiro atoms. The van der Waals surface area contributed by atoms with Crippen LogP contribution in [-0.2, 0) is 14.6 Å². The topological polar surface area (TPSA) is 60.4 Å². The van der Waals surface area contributed by atoms with Crippen molar-refractivity contribution in [3.8, 4) is 0 Å². The van der Waals surface area contributed by atoms with E-state index in [1.807, 2.05) is 0 Å². The summed E-state index contributed by atoms with van der Waals surface area (Å²) in [6, 6.07) is 6.22. The van der Waals surface area contributed by atoms with Gasteiger partial charge in [-0.2, -0.15) is 0 Å². The molecule has 1 aliphatic heterocycles. The predicted octanol–water partition coefficient (Wildman–Crippen LogP) is 2.23. The van der Waals surface area contributed by atoms with Crippen LogP contribution in [0, 0.1) is 0 Å². The van der Waals surface area contributed by atoms with Gasteiger partial charge in [-0.05, 0) is 31.4 Å². The molecule has 0 radical (unpaired) electrons. The van der Waals surface area contributed by atoms with E-state index in [1.165, 1.54) is 12.1 Å². The fourth-order valence-corrected chi connectivity index (χ4v) is 2.88. The van der Waals surface area contributed by atoms with Gasteiger partial charge in [-0.3, -0.25) is 4.79 Å². The van der Waals surface area contributed by atoms with Gasteiger partial charge in [0.25, 0.3) is 0 Å². The highest BCUT2D eigenvalue weighted by Crippen LogP contribution is 2.19. The van der Waals surface area contributed by atoms with Gasteiger partial charge in [0.15, 0.2) is 15.6 Å². The van der Waals surface area contributed by atoms with Gasteiger partial charge >= 0.3 is 0 Å². The van der Waals surface area contributed by atoms with Crippen LogP contribution in [0.4, 0.5) is 0 Å². The minimum Gasteiger partial charge on any atom is -0.378 e. The number of ketones is 1. The zero-order valence-electron chi connectivity index (χ0n) is 11.0. The van der Waals surface area contributed by atoms with Crippen molar-refractivity contribution in [2.24, 2.45) is 0 Å². The monoisotopic (exact) mass is 282 g/mol. The Hall–Kier alpha value is -1.20. The summed E-state index contributed by atoms with van der Waals surface area (Å²) in [7, 11) is -3.27. The van der Waals surface area contributed by atoms with Gasteiger partial charge in [-0.25, -0.2) is 8.42 Å². The molecule has 1 heterocycles. The van der Waals surface area contributed by atoms with Crippen LogP contribution in [0.3, 0.4) is 0 Å². The fourth-order valence-electron chi connectivity index (χ4n) is 2.21. The normalized spacial score (nSPS) is 19.5. The van der Waals surface area contributed by atoms with E-state index in [9.17, 15) is 13.2 Å². The quantitative estimate of drug-likeness (QED) is 0.777. The molecule has 0 bridgehead atoms. The molecule has 1 atom stereocenters. The maximum atomic E-state index is 12.0. The smallest absolute Gasteiger partial charge is 0.175 e. The van der Waals surface area contributed by atoms with Crippen LogP contribution >= 0.6 is 0 Å². The number of carbonyl (C=O) groups is 1. The van der Waals surface area contributed by atoms with Gasteiger partial charge in [0.05, 0.1) is 11.0 Å². The number of hydrogen-bond donors (Lipinski definition) is 0. The van der Waals surface area contributed by atoms with Crippen molar-refractivity contribution in [1.29, 1.82) is 0 Å². The molecule has 0 saturated carbocycles.